The zero-order chi connectivity index (χ0) is 12.4. The maximum atomic E-state index is 11.5. The summed E-state index contributed by atoms with van der Waals surface area (Å²) in [6.45, 7) is 6.99. The molecule has 1 aliphatic rings. The van der Waals surface area contributed by atoms with E-state index in [1.54, 1.807) is 13.8 Å². The number of cyclic esters (lactones) is 1. The Kier molecular flexibility index (Phi) is 3.61. The Bertz CT molecular complexity index is 337. The third-order valence-corrected chi connectivity index (χ3v) is 2.38. The molecule has 0 bridgehead atoms. The Balaban J connectivity index is 2.65. The minimum Gasteiger partial charge on any atom is -0.434 e. The number of carbonyl (C=O) groups excluding carboxylic acids is 1. The topological polar surface area (TPSA) is 55.8 Å². The fourth-order valence-corrected chi connectivity index (χ4v) is 1.32. The van der Waals surface area contributed by atoms with E-state index in [9.17, 15) is 4.79 Å². The summed E-state index contributed by atoms with van der Waals surface area (Å²) in [5.74, 6) is 5.40. The number of aliphatic hydroxyl groups is 1. The molecule has 0 aromatic carbocycles. The van der Waals surface area contributed by atoms with Crippen molar-refractivity contribution in [3.8, 4) is 11.8 Å². The van der Waals surface area contributed by atoms with Gasteiger partial charge in [0.2, 0.25) is 6.29 Å². The molecule has 16 heavy (non-hydrogen) atoms. The maximum absolute atomic E-state index is 11.5. The van der Waals surface area contributed by atoms with Gasteiger partial charge in [0.15, 0.2) is 5.60 Å². The van der Waals surface area contributed by atoms with Crippen molar-refractivity contribution in [2.24, 2.45) is 5.41 Å². The minimum atomic E-state index is -0.974. The van der Waals surface area contributed by atoms with E-state index in [4.69, 9.17) is 14.6 Å². The number of carbonyl (C=O) groups is 1. The predicted molar refractivity (Wildman–Crippen MR) is 58.3 cm³/mol. The van der Waals surface area contributed by atoms with Gasteiger partial charge in [-0.15, -0.1) is 0 Å². The first-order valence-corrected chi connectivity index (χ1v) is 5.29. The quantitative estimate of drug-likeness (QED) is 0.565. The number of ether oxygens (including phenoxy) is 2. The van der Waals surface area contributed by atoms with E-state index in [1.807, 2.05) is 13.8 Å². The van der Waals surface area contributed by atoms with Crippen LogP contribution in [0.4, 0.5) is 0 Å². The first kappa shape index (κ1) is 13.0. The van der Waals surface area contributed by atoms with Gasteiger partial charge in [0, 0.05) is 11.8 Å². The van der Waals surface area contributed by atoms with E-state index in [-0.39, 0.29) is 19.0 Å². The summed E-state index contributed by atoms with van der Waals surface area (Å²) in [6, 6.07) is 0. The number of esters is 1. The molecule has 4 nitrogen and oxygen atoms in total. The fourth-order valence-electron chi connectivity index (χ4n) is 1.32. The van der Waals surface area contributed by atoms with Gasteiger partial charge in [-0.25, -0.2) is 4.79 Å². The van der Waals surface area contributed by atoms with Crippen molar-refractivity contribution in [3.05, 3.63) is 0 Å². The van der Waals surface area contributed by atoms with Gasteiger partial charge in [-0.2, -0.15) is 0 Å². The Labute approximate surface area is 95.9 Å². The van der Waals surface area contributed by atoms with Crippen molar-refractivity contribution < 1.29 is 19.4 Å². The molecule has 0 spiro atoms. The molecule has 0 aromatic rings. The van der Waals surface area contributed by atoms with Gasteiger partial charge in [-0.1, -0.05) is 11.8 Å². The molecule has 1 N–H and O–H groups in total. The fraction of sp³-hybridized carbons (Fsp3) is 0.750. The molecule has 1 heterocycles. The molecule has 0 aliphatic carbocycles. The molecule has 0 amide bonds. The highest BCUT2D eigenvalue weighted by molar-refractivity contribution is 5.81. The zero-order valence-electron chi connectivity index (χ0n) is 10.2. The lowest BCUT2D eigenvalue weighted by Crippen LogP contribution is -2.32. The van der Waals surface area contributed by atoms with E-state index < -0.39 is 17.3 Å². The highest BCUT2D eigenvalue weighted by Crippen LogP contribution is 2.27. The molecule has 0 aromatic heterocycles. The maximum Gasteiger partial charge on any atom is 0.341 e. The van der Waals surface area contributed by atoms with Crippen LogP contribution in [0.25, 0.3) is 0 Å². The van der Waals surface area contributed by atoms with E-state index >= 15 is 0 Å². The van der Waals surface area contributed by atoms with E-state index in [0.29, 0.717) is 0 Å². The largest absolute Gasteiger partial charge is 0.434 e. The molecule has 4 heteroatoms. The van der Waals surface area contributed by atoms with Crippen molar-refractivity contribution in [2.45, 2.75) is 46.0 Å². The molecule has 0 saturated carbocycles. The number of rotatable bonds is 2. The average Bonchev–Trinajstić information content (AvgIpc) is 2.40. The molecule has 90 valence electrons. The van der Waals surface area contributed by atoms with Gasteiger partial charge in [0.1, 0.15) is 0 Å². The lowest BCUT2D eigenvalue weighted by atomic mass is 9.94. The second-order valence-electron chi connectivity index (χ2n) is 4.84. The van der Waals surface area contributed by atoms with Gasteiger partial charge in [-0.3, -0.25) is 0 Å². The van der Waals surface area contributed by atoms with Gasteiger partial charge in [0.25, 0.3) is 0 Å². The SMILES string of the molecule is C[C@H]1OC(=O)[C@](C)(CC#CC(C)(C)CO)O1. The first-order chi connectivity index (χ1) is 7.29. The summed E-state index contributed by atoms with van der Waals surface area (Å²) in [5, 5.41) is 9.02. The van der Waals surface area contributed by atoms with Crippen molar-refractivity contribution in [1.29, 1.82) is 0 Å². The van der Waals surface area contributed by atoms with Gasteiger partial charge in [0.05, 0.1) is 6.61 Å². The summed E-state index contributed by atoms with van der Waals surface area (Å²) in [6.07, 6.45) is -0.232. The van der Waals surface area contributed by atoms with Crippen molar-refractivity contribution in [2.75, 3.05) is 6.61 Å². The summed E-state index contributed by atoms with van der Waals surface area (Å²) < 4.78 is 10.3. The minimum absolute atomic E-state index is 0.0155. The Morgan fingerprint density at radius 2 is 2.19 bits per heavy atom. The lowest BCUT2D eigenvalue weighted by molar-refractivity contribution is -0.144. The summed E-state index contributed by atoms with van der Waals surface area (Å²) in [5.41, 5.74) is -1.43. The van der Waals surface area contributed by atoms with Crippen LogP contribution in [0, 0.1) is 17.3 Å². The Morgan fingerprint density at radius 3 is 2.62 bits per heavy atom. The predicted octanol–water partition coefficient (Wildman–Crippen LogP) is 1.08. The van der Waals surface area contributed by atoms with Crippen LogP contribution in [-0.4, -0.2) is 29.6 Å². The van der Waals surface area contributed by atoms with Crippen LogP contribution < -0.4 is 0 Å². The third-order valence-electron chi connectivity index (χ3n) is 2.38. The standard InChI is InChI=1S/C12H18O4/c1-9-15-10(14)12(4,16-9)7-5-6-11(2,3)8-13/h9,13H,7-8H2,1-4H3/t9-,12-/m0/s1. The second kappa shape index (κ2) is 4.44. The van der Waals surface area contributed by atoms with E-state index in [1.165, 1.54) is 0 Å². The number of aliphatic hydroxyl groups excluding tert-OH is 1. The van der Waals surface area contributed by atoms with Crippen molar-refractivity contribution >= 4 is 5.97 Å². The summed E-state index contributed by atoms with van der Waals surface area (Å²) in [4.78, 5) is 11.5. The van der Waals surface area contributed by atoms with Crippen LogP contribution in [-0.2, 0) is 14.3 Å². The average molecular weight is 226 g/mol. The van der Waals surface area contributed by atoms with Crippen molar-refractivity contribution in [1.82, 2.24) is 0 Å². The van der Waals surface area contributed by atoms with Gasteiger partial charge >= 0.3 is 5.97 Å². The van der Waals surface area contributed by atoms with Crippen LogP contribution in [0.1, 0.15) is 34.1 Å². The Morgan fingerprint density at radius 1 is 1.56 bits per heavy atom. The first-order valence-electron chi connectivity index (χ1n) is 5.29. The van der Waals surface area contributed by atoms with Crippen LogP contribution in [0.3, 0.4) is 0 Å². The van der Waals surface area contributed by atoms with Gasteiger partial charge in [-0.05, 0) is 27.7 Å². The Hall–Kier alpha value is -1.05. The van der Waals surface area contributed by atoms with Crippen LogP contribution >= 0.6 is 0 Å². The zero-order valence-corrected chi connectivity index (χ0v) is 10.2. The van der Waals surface area contributed by atoms with Crippen molar-refractivity contribution in [3.63, 3.8) is 0 Å². The van der Waals surface area contributed by atoms with Crippen LogP contribution in [0.5, 0.6) is 0 Å². The highest BCUT2D eigenvalue weighted by atomic mass is 16.8. The second-order valence-corrected chi connectivity index (χ2v) is 4.84. The molecule has 1 fully saturated rings. The molecule has 1 aliphatic heterocycles. The van der Waals surface area contributed by atoms with Crippen LogP contribution in [0.15, 0.2) is 0 Å². The summed E-state index contributed by atoms with van der Waals surface area (Å²) in [7, 11) is 0. The number of hydrogen-bond acceptors (Lipinski definition) is 4. The molecular weight excluding hydrogens is 208 g/mol. The summed E-state index contributed by atoms with van der Waals surface area (Å²) >= 11 is 0. The molecule has 0 radical (unpaired) electrons. The molecule has 1 saturated heterocycles. The third kappa shape index (κ3) is 2.97. The smallest absolute Gasteiger partial charge is 0.341 e. The molecule has 1 rings (SSSR count). The van der Waals surface area contributed by atoms with E-state index in [0.717, 1.165) is 0 Å². The lowest BCUT2D eigenvalue weighted by Gasteiger charge is -2.16. The van der Waals surface area contributed by atoms with Crippen LogP contribution in [0.2, 0.25) is 0 Å². The molecule has 2 atom stereocenters. The highest BCUT2D eigenvalue weighted by Gasteiger charge is 2.44. The monoisotopic (exact) mass is 226 g/mol. The molecule has 0 unspecified atom stereocenters. The van der Waals surface area contributed by atoms with E-state index in [2.05, 4.69) is 11.8 Å². The van der Waals surface area contributed by atoms with Gasteiger partial charge < -0.3 is 14.6 Å². The molecular formula is C12H18O4. The normalized spacial score (nSPS) is 29.6. The number of hydrogen-bond donors (Lipinski definition) is 1.